The zero-order valence-corrected chi connectivity index (χ0v) is 13.4. The molecule has 6 heteroatoms. The number of fused-ring (bicyclic) bond motifs is 1. The summed E-state index contributed by atoms with van der Waals surface area (Å²) in [5, 5.41) is 4.96. The highest BCUT2D eigenvalue weighted by atomic mass is 35.5. The lowest BCUT2D eigenvalue weighted by atomic mass is 10.2. The van der Waals surface area contributed by atoms with Gasteiger partial charge >= 0.3 is 0 Å². The SMILES string of the molecule is O=c1/c(=C/c2cccc(Cl)c2)sc2nc(-c3ccccc3)nn12. The molecule has 0 aliphatic heterocycles. The van der Waals surface area contributed by atoms with Crippen LogP contribution in [0.15, 0.2) is 59.4 Å². The van der Waals surface area contributed by atoms with Crippen LogP contribution in [0.4, 0.5) is 0 Å². The predicted molar refractivity (Wildman–Crippen MR) is 92.8 cm³/mol. The van der Waals surface area contributed by atoms with Gasteiger partial charge in [-0.3, -0.25) is 4.79 Å². The van der Waals surface area contributed by atoms with Gasteiger partial charge in [0.15, 0.2) is 5.82 Å². The Bertz CT molecular complexity index is 1100. The summed E-state index contributed by atoms with van der Waals surface area (Å²) in [5.41, 5.74) is 1.60. The van der Waals surface area contributed by atoms with Gasteiger partial charge in [-0.15, -0.1) is 5.10 Å². The second-order valence-corrected chi connectivity index (χ2v) is 6.41. The second-order valence-electron chi connectivity index (χ2n) is 4.97. The largest absolute Gasteiger partial charge is 0.291 e. The first-order chi connectivity index (χ1) is 11.2. The van der Waals surface area contributed by atoms with Gasteiger partial charge in [0.1, 0.15) is 0 Å². The molecule has 0 aliphatic rings. The molecule has 0 bridgehead atoms. The zero-order valence-electron chi connectivity index (χ0n) is 11.8. The third-order valence-electron chi connectivity index (χ3n) is 3.36. The first-order valence-corrected chi connectivity index (χ1v) is 8.12. The fourth-order valence-electron chi connectivity index (χ4n) is 2.29. The van der Waals surface area contributed by atoms with Crippen LogP contribution in [0.25, 0.3) is 22.4 Å². The standard InChI is InChI=1S/C17H10ClN3OS/c18-13-8-4-5-11(9-13)10-14-16(22)21-17(23-14)19-15(20-21)12-6-2-1-3-7-12/h1-10H/b14-10-. The molecule has 0 fully saturated rings. The maximum atomic E-state index is 12.5. The van der Waals surface area contributed by atoms with Crippen LogP contribution in [-0.4, -0.2) is 14.6 Å². The Labute approximate surface area is 140 Å². The third-order valence-corrected chi connectivity index (χ3v) is 4.55. The van der Waals surface area contributed by atoms with Crippen LogP contribution < -0.4 is 10.1 Å². The molecular formula is C17H10ClN3OS. The normalized spacial score (nSPS) is 12.1. The predicted octanol–water partition coefficient (Wildman–Crippen LogP) is 3.02. The third kappa shape index (κ3) is 2.65. The molecule has 0 spiro atoms. The molecule has 2 aromatic heterocycles. The maximum absolute atomic E-state index is 12.5. The summed E-state index contributed by atoms with van der Waals surface area (Å²) in [7, 11) is 0. The lowest BCUT2D eigenvalue weighted by Crippen LogP contribution is -2.23. The summed E-state index contributed by atoms with van der Waals surface area (Å²) in [6.07, 6.45) is 1.80. The molecule has 0 unspecified atom stereocenters. The number of benzene rings is 2. The fraction of sp³-hybridized carbons (Fsp3) is 0. The van der Waals surface area contributed by atoms with E-state index in [2.05, 4.69) is 10.1 Å². The summed E-state index contributed by atoms with van der Waals surface area (Å²) in [6, 6.07) is 17.0. The minimum atomic E-state index is -0.167. The minimum Gasteiger partial charge on any atom is -0.266 e. The van der Waals surface area contributed by atoms with Crippen LogP contribution in [0.2, 0.25) is 5.02 Å². The number of thiazole rings is 1. The van der Waals surface area contributed by atoms with Crippen molar-refractivity contribution in [1.82, 2.24) is 14.6 Å². The topological polar surface area (TPSA) is 47.3 Å². The lowest BCUT2D eigenvalue weighted by molar-refractivity contribution is 0.937. The summed E-state index contributed by atoms with van der Waals surface area (Å²) < 4.78 is 1.94. The van der Waals surface area contributed by atoms with Crippen LogP contribution in [0.1, 0.15) is 5.56 Å². The Morgan fingerprint density at radius 2 is 1.91 bits per heavy atom. The second kappa shape index (κ2) is 5.61. The highest BCUT2D eigenvalue weighted by Gasteiger charge is 2.11. The average molecular weight is 340 g/mol. The van der Waals surface area contributed by atoms with Gasteiger partial charge in [-0.2, -0.15) is 9.50 Å². The molecule has 0 saturated carbocycles. The quantitative estimate of drug-likeness (QED) is 0.564. The van der Waals surface area contributed by atoms with Crippen LogP contribution in [0, 0.1) is 0 Å². The van der Waals surface area contributed by atoms with E-state index in [0.29, 0.717) is 20.3 Å². The number of nitrogens with zero attached hydrogens (tertiary/aromatic N) is 3. The van der Waals surface area contributed by atoms with Crippen molar-refractivity contribution in [2.45, 2.75) is 0 Å². The molecule has 0 radical (unpaired) electrons. The van der Waals surface area contributed by atoms with Crippen molar-refractivity contribution < 1.29 is 0 Å². The van der Waals surface area contributed by atoms with Crippen molar-refractivity contribution in [2.24, 2.45) is 0 Å². The number of hydrogen-bond donors (Lipinski definition) is 0. The van der Waals surface area contributed by atoms with Gasteiger partial charge in [0.05, 0.1) is 4.53 Å². The van der Waals surface area contributed by atoms with Crippen molar-refractivity contribution in [3.63, 3.8) is 0 Å². The first kappa shape index (κ1) is 14.1. The molecule has 0 atom stereocenters. The van der Waals surface area contributed by atoms with E-state index in [1.54, 1.807) is 12.1 Å². The summed E-state index contributed by atoms with van der Waals surface area (Å²) in [5.74, 6) is 0.559. The Hall–Kier alpha value is -2.50. The van der Waals surface area contributed by atoms with E-state index in [1.807, 2.05) is 48.5 Å². The zero-order chi connectivity index (χ0) is 15.8. The fourth-order valence-corrected chi connectivity index (χ4v) is 3.40. The van der Waals surface area contributed by atoms with Crippen LogP contribution >= 0.6 is 22.9 Å². The van der Waals surface area contributed by atoms with Crippen molar-refractivity contribution in [3.8, 4) is 11.4 Å². The van der Waals surface area contributed by atoms with Gasteiger partial charge in [0, 0.05) is 10.6 Å². The molecule has 23 heavy (non-hydrogen) atoms. The Morgan fingerprint density at radius 1 is 1.09 bits per heavy atom. The molecule has 4 rings (SSSR count). The average Bonchev–Trinajstić information content (AvgIpc) is 3.09. The van der Waals surface area contributed by atoms with Gasteiger partial charge in [-0.25, -0.2) is 0 Å². The van der Waals surface area contributed by atoms with Gasteiger partial charge in [-0.1, -0.05) is 65.4 Å². The Morgan fingerprint density at radius 3 is 2.65 bits per heavy atom. The Kier molecular flexibility index (Phi) is 3.44. The molecule has 4 nitrogen and oxygen atoms in total. The van der Waals surface area contributed by atoms with E-state index in [4.69, 9.17) is 11.6 Å². The summed E-state index contributed by atoms with van der Waals surface area (Å²) in [4.78, 5) is 17.5. The van der Waals surface area contributed by atoms with Crippen molar-refractivity contribution in [2.75, 3.05) is 0 Å². The van der Waals surface area contributed by atoms with Crippen molar-refractivity contribution in [1.29, 1.82) is 0 Å². The lowest BCUT2D eigenvalue weighted by Gasteiger charge is -1.92. The molecule has 0 N–H and O–H groups in total. The number of aromatic nitrogens is 3. The highest BCUT2D eigenvalue weighted by Crippen LogP contribution is 2.16. The van der Waals surface area contributed by atoms with Gasteiger partial charge in [0.2, 0.25) is 4.96 Å². The summed E-state index contributed by atoms with van der Waals surface area (Å²) in [6.45, 7) is 0. The van der Waals surface area contributed by atoms with E-state index in [9.17, 15) is 4.79 Å². The molecule has 0 saturated heterocycles. The van der Waals surface area contributed by atoms with Crippen molar-refractivity contribution in [3.05, 3.63) is 80.1 Å². The van der Waals surface area contributed by atoms with E-state index in [1.165, 1.54) is 15.9 Å². The van der Waals surface area contributed by atoms with Crippen LogP contribution in [-0.2, 0) is 0 Å². The van der Waals surface area contributed by atoms with Crippen molar-refractivity contribution >= 4 is 34.0 Å². The Balaban J connectivity index is 1.84. The minimum absolute atomic E-state index is 0.167. The summed E-state index contributed by atoms with van der Waals surface area (Å²) >= 11 is 7.29. The van der Waals surface area contributed by atoms with Crippen LogP contribution in [0.5, 0.6) is 0 Å². The molecule has 4 aromatic rings. The van der Waals surface area contributed by atoms with E-state index in [-0.39, 0.29) is 5.56 Å². The molecule has 0 aliphatic carbocycles. The molecule has 0 amide bonds. The molecule has 2 aromatic carbocycles. The van der Waals surface area contributed by atoms with Crippen LogP contribution in [0.3, 0.4) is 0 Å². The van der Waals surface area contributed by atoms with E-state index >= 15 is 0 Å². The molecular weight excluding hydrogens is 330 g/mol. The monoisotopic (exact) mass is 339 g/mol. The molecule has 112 valence electrons. The molecule has 2 heterocycles. The van der Waals surface area contributed by atoms with Gasteiger partial charge < -0.3 is 0 Å². The maximum Gasteiger partial charge on any atom is 0.291 e. The number of rotatable bonds is 2. The number of hydrogen-bond acceptors (Lipinski definition) is 4. The first-order valence-electron chi connectivity index (χ1n) is 6.93. The van der Waals surface area contributed by atoms with E-state index < -0.39 is 0 Å². The van der Waals surface area contributed by atoms with Gasteiger partial charge in [-0.05, 0) is 23.8 Å². The van der Waals surface area contributed by atoms with Gasteiger partial charge in [0.25, 0.3) is 5.56 Å². The van der Waals surface area contributed by atoms with E-state index in [0.717, 1.165) is 11.1 Å². The smallest absolute Gasteiger partial charge is 0.266 e. The highest BCUT2D eigenvalue weighted by molar-refractivity contribution is 7.15. The number of halogens is 1.